The highest BCUT2D eigenvalue weighted by molar-refractivity contribution is 7.80. The van der Waals surface area contributed by atoms with Crippen molar-refractivity contribution in [1.82, 2.24) is 0 Å². The lowest BCUT2D eigenvalue weighted by Gasteiger charge is -1.91. The molecule has 0 aromatic carbocycles. The fourth-order valence-electron chi connectivity index (χ4n) is 0.156. The highest BCUT2D eigenvalue weighted by Gasteiger charge is 1.74. The quantitative estimate of drug-likeness (QED) is 0.468. The van der Waals surface area contributed by atoms with Gasteiger partial charge in [0.1, 0.15) is 5.17 Å². The van der Waals surface area contributed by atoms with Gasteiger partial charge in [0.25, 0.3) is 0 Å². The van der Waals surface area contributed by atoms with Crippen molar-refractivity contribution in [2.45, 2.75) is 6.92 Å². The standard InChI is InChI=1S/C3H9NOS/c1-2-5-3(4)6/h2,4,6H2,1H3. The van der Waals surface area contributed by atoms with Gasteiger partial charge in [0.2, 0.25) is 0 Å². The van der Waals surface area contributed by atoms with Gasteiger partial charge in [0.05, 0.1) is 6.61 Å². The van der Waals surface area contributed by atoms with E-state index in [1.54, 1.807) is 0 Å². The fraction of sp³-hybridized carbons (Fsp3) is 0.667. The Morgan fingerprint density at radius 1 is 2.00 bits per heavy atom. The minimum absolute atomic E-state index is 0.345. The molecular weight excluding hydrogens is 98.1 g/mol. The minimum Gasteiger partial charge on any atom is -0.331 e. The molecule has 0 aromatic rings. The van der Waals surface area contributed by atoms with Crippen molar-refractivity contribution in [1.29, 1.82) is 0 Å². The molecule has 3 heteroatoms. The minimum atomic E-state index is 0.345. The molecule has 0 aromatic heterocycles. The van der Waals surface area contributed by atoms with Gasteiger partial charge in [-0.2, -0.15) is 12.2 Å². The molecule has 0 radical (unpaired) electrons. The Hall–Kier alpha value is 0.140. The van der Waals surface area contributed by atoms with E-state index in [-0.39, 0.29) is 0 Å². The lowest BCUT2D eigenvalue weighted by Crippen LogP contribution is -2.11. The smallest absolute Gasteiger partial charge is 0.136 e. The maximum atomic E-state index is 5.01. The number of ether oxygens (including phenoxy) is 1. The molecule has 0 rings (SSSR count). The van der Waals surface area contributed by atoms with Gasteiger partial charge in [-0.05, 0) is 6.92 Å². The van der Waals surface area contributed by atoms with E-state index in [1.165, 1.54) is 0 Å². The zero-order chi connectivity index (χ0) is 4.99. The van der Waals surface area contributed by atoms with Gasteiger partial charge in [0, 0.05) is 0 Å². The highest BCUT2D eigenvalue weighted by atomic mass is 32.1. The molecule has 0 aliphatic carbocycles. The van der Waals surface area contributed by atoms with Crippen molar-refractivity contribution in [3.8, 4) is 0 Å². The molecule has 0 fully saturated rings. The molecule has 0 heterocycles. The molecular formula is C3H9NOS. The topological polar surface area (TPSA) is 35.2 Å². The van der Waals surface area contributed by atoms with Gasteiger partial charge < -0.3 is 4.74 Å². The zero-order valence-electron chi connectivity index (χ0n) is 3.69. The summed E-state index contributed by atoms with van der Waals surface area (Å²) in [5.41, 5.74) is 5.01. The van der Waals surface area contributed by atoms with Gasteiger partial charge in [0.15, 0.2) is 0 Å². The van der Waals surface area contributed by atoms with Crippen LogP contribution in [-0.4, -0.2) is 11.8 Å². The van der Waals surface area contributed by atoms with Crippen LogP contribution in [0.3, 0.4) is 0 Å². The second-order valence-electron chi connectivity index (χ2n) is 0.797. The van der Waals surface area contributed by atoms with Gasteiger partial charge in [-0.1, -0.05) is 0 Å². The van der Waals surface area contributed by atoms with Crippen LogP contribution in [0.15, 0.2) is 0 Å². The third-order valence-electron chi connectivity index (χ3n) is 0.300. The van der Waals surface area contributed by atoms with Crippen LogP contribution in [0.25, 0.3) is 0 Å². The third kappa shape index (κ3) is 4.14. The predicted octanol–water partition coefficient (Wildman–Crippen LogP) is -0.269. The number of rotatable bonds is 1. The molecule has 6 heavy (non-hydrogen) atoms. The Labute approximate surface area is 42.3 Å². The molecule has 0 amide bonds. The number of hydrogen-bond donors (Lipinski definition) is 1. The van der Waals surface area contributed by atoms with Crippen LogP contribution in [0.2, 0.25) is 0 Å². The molecule has 38 valence electrons. The zero-order valence-corrected chi connectivity index (χ0v) is 4.69. The van der Waals surface area contributed by atoms with Crippen LogP contribution in [0.5, 0.6) is 0 Å². The third-order valence-corrected chi connectivity index (χ3v) is 0.444. The van der Waals surface area contributed by atoms with E-state index >= 15 is 0 Å². The van der Waals surface area contributed by atoms with E-state index in [0.29, 0.717) is 11.8 Å². The largest absolute Gasteiger partial charge is 0.331 e. The lowest BCUT2D eigenvalue weighted by atomic mass is 10.9. The Morgan fingerprint density at radius 2 is 2.50 bits per heavy atom. The van der Waals surface area contributed by atoms with Gasteiger partial charge in [-0.25, -0.2) is 0 Å². The molecule has 2 N–H and O–H groups in total. The summed E-state index contributed by atoms with van der Waals surface area (Å²) >= 11 is 2.95. The van der Waals surface area contributed by atoms with Gasteiger partial charge >= 0.3 is 0 Å². The molecule has 0 unspecified atom stereocenters. The molecule has 0 saturated carbocycles. The van der Waals surface area contributed by atoms with E-state index in [9.17, 15) is 0 Å². The first-order chi connectivity index (χ1) is 2.77. The van der Waals surface area contributed by atoms with Crippen molar-refractivity contribution >= 4 is 17.4 Å². The molecule has 0 atom stereocenters. The Morgan fingerprint density at radius 3 is 2.50 bits per heavy atom. The molecule has 0 aliphatic rings. The predicted molar refractivity (Wildman–Crippen MR) is 31.2 cm³/mol. The Kier molecular flexibility index (Phi) is 3.41. The van der Waals surface area contributed by atoms with Crippen LogP contribution in [0, 0.1) is 0 Å². The highest BCUT2D eigenvalue weighted by Crippen LogP contribution is 1.67. The second kappa shape index (κ2) is 3.33. The fourth-order valence-corrected chi connectivity index (χ4v) is 0.300. The van der Waals surface area contributed by atoms with E-state index in [1.807, 2.05) is 6.92 Å². The number of nitrogens with two attached hydrogens (primary N) is 1. The van der Waals surface area contributed by atoms with Crippen molar-refractivity contribution < 1.29 is 4.74 Å². The summed E-state index contributed by atoms with van der Waals surface area (Å²) in [6.45, 7) is 2.49. The van der Waals surface area contributed by atoms with Crippen molar-refractivity contribution in [2.24, 2.45) is 5.73 Å². The second-order valence-corrected chi connectivity index (χ2v) is 1.29. The average molecular weight is 107 g/mol. The Balaban J connectivity index is 2.83. The van der Waals surface area contributed by atoms with Crippen molar-refractivity contribution in [3.63, 3.8) is 0 Å². The Bertz CT molecular complexity index is 54.8. The summed E-state index contributed by atoms with van der Waals surface area (Å²) in [5.74, 6) is 0. The molecule has 0 bridgehead atoms. The van der Waals surface area contributed by atoms with Crippen LogP contribution in [-0.2, 0) is 4.74 Å². The summed E-state index contributed by atoms with van der Waals surface area (Å²) in [6.07, 6.45) is 0. The maximum Gasteiger partial charge on any atom is 0.136 e. The first-order valence-corrected chi connectivity index (χ1v) is 2.24. The maximum absolute atomic E-state index is 5.01. The lowest BCUT2D eigenvalue weighted by molar-refractivity contribution is 0.331. The summed E-state index contributed by atoms with van der Waals surface area (Å²) in [5, 5.41) is 0.345. The summed E-state index contributed by atoms with van der Waals surface area (Å²) in [7, 11) is 0. The van der Waals surface area contributed by atoms with E-state index in [0.717, 1.165) is 0 Å². The van der Waals surface area contributed by atoms with Crippen LogP contribution in [0.4, 0.5) is 0 Å². The normalized spacial score (nSPS) is 8.50. The van der Waals surface area contributed by atoms with Crippen LogP contribution < -0.4 is 5.73 Å². The van der Waals surface area contributed by atoms with Crippen molar-refractivity contribution in [2.75, 3.05) is 6.61 Å². The SMILES string of the molecule is CCOC(N)=[SH2]. The van der Waals surface area contributed by atoms with Crippen molar-refractivity contribution in [3.05, 3.63) is 0 Å². The van der Waals surface area contributed by atoms with E-state index in [4.69, 9.17) is 5.73 Å². The molecule has 0 saturated heterocycles. The van der Waals surface area contributed by atoms with Crippen LogP contribution >= 0.6 is 12.2 Å². The monoisotopic (exact) mass is 107 g/mol. The number of hydrogen-bond acceptors (Lipinski definition) is 1. The van der Waals surface area contributed by atoms with E-state index in [2.05, 4.69) is 17.0 Å². The van der Waals surface area contributed by atoms with Gasteiger partial charge in [-0.3, -0.25) is 5.73 Å². The molecule has 0 spiro atoms. The average Bonchev–Trinajstić information content (AvgIpc) is 1.35. The summed E-state index contributed by atoms with van der Waals surface area (Å²) in [4.78, 5) is 0. The molecule has 0 aliphatic heterocycles. The first kappa shape index (κ1) is 6.14. The van der Waals surface area contributed by atoms with Crippen LogP contribution in [0.1, 0.15) is 6.92 Å². The first-order valence-electron chi connectivity index (χ1n) is 1.74. The summed E-state index contributed by atoms with van der Waals surface area (Å²) in [6, 6.07) is 0. The van der Waals surface area contributed by atoms with Gasteiger partial charge in [-0.15, -0.1) is 0 Å². The summed E-state index contributed by atoms with van der Waals surface area (Å²) < 4.78 is 4.65. The van der Waals surface area contributed by atoms with E-state index < -0.39 is 0 Å². The molecule has 2 nitrogen and oxygen atoms in total.